The number of hydrogen-bond acceptors (Lipinski definition) is 4. The Bertz CT molecular complexity index is 1170. The Labute approximate surface area is 185 Å². The molecule has 1 saturated carbocycles. The van der Waals surface area contributed by atoms with Gasteiger partial charge in [0.1, 0.15) is 11.6 Å². The number of aliphatic hydroxyl groups is 1. The molecule has 0 unspecified atom stereocenters. The molecule has 3 N–H and O–H groups in total. The number of nitrogens with zero attached hydrogens (tertiary/aromatic N) is 1. The summed E-state index contributed by atoms with van der Waals surface area (Å²) in [7, 11) is 0. The van der Waals surface area contributed by atoms with Crippen molar-refractivity contribution in [3.05, 3.63) is 65.6 Å². The first kappa shape index (κ1) is 22.0. The summed E-state index contributed by atoms with van der Waals surface area (Å²) in [5, 5.41) is 29.8. The highest BCUT2D eigenvalue weighted by atomic mass is 19.1. The third-order valence-electron chi connectivity index (χ3n) is 5.78. The number of aromatic hydroxyl groups is 1. The number of carboxylic acids is 1. The number of carboxylic acid groups (broad SMARTS) is 1. The Balaban J connectivity index is 1.82. The second-order valence-electron chi connectivity index (χ2n) is 8.59. The van der Waals surface area contributed by atoms with Crippen molar-refractivity contribution in [1.29, 1.82) is 0 Å². The number of hydrogen-bond donors (Lipinski definition) is 3. The molecule has 1 aliphatic carbocycles. The van der Waals surface area contributed by atoms with Crippen LogP contribution in [0.2, 0.25) is 0 Å². The molecule has 6 heteroatoms. The van der Waals surface area contributed by atoms with E-state index in [-0.39, 0.29) is 23.9 Å². The summed E-state index contributed by atoms with van der Waals surface area (Å²) in [6.45, 7) is 1.93. The van der Waals surface area contributed by atoms with E-state index in [4.69, 9.17) is 10.1 Å². The van der Waals surface area contributed by atoms with Gasteiger partial charge in [-0.3, -0.25) is 9.78 Å². The fourth-order valence-corrected chi connectivity index (χ4v) is 4.10. The summed E-state index contributed by atoms with van der Waals surface area (Å²) in [6.07, 6.45) is 5.15. The Morgan fingerprint density at radius 2 is 1.94 bits per heavy atom. The average Bonchev–Trinajstić information content (AvgIpc) is 3.56. The van der Waals surface area contributed by atoms with E-state index >= 15 is 0 Å². The summed E-state index contributed by atoms with van der Waals surface area (Å²) in [5.74, 6) is -0.934. The van der Waals surface area contributed by atoms with Crippen molar-refractivity contribution in [3.63, 3.8) is 0 Å². The van der Waals surface area contributed by atoms with Crippen molar-refractivity contribution in [2.24, 2.45) is 5.92 Å². The number of benzene rings is 2. The summed E-state index contributed by atoms with van der Waals surface area (Å²) in [4.78, 5) is 15.7. The molecule has 2 aromatic carbocycles. The maximum absolute atomic E-state index is 13.6. The molecule has 1 aliphatic rings. The van der Waals surface area contributed by atoms with Gasteiger partial charge in [-0.1, -0.05) is 31.2 Å². The molecule has 32 heavy (non-hydrogen) atoms. The van der Waals surface area contributed by atoms with Crippen LogP contribution in [0.5, 0.6) is 5.75 Å². The second-order valence-corrected chi connectivity index (χ2v) is 8.59. The van der Waals surface area contributed by atoms with Crippen LogP contribution in [-0.2, 0) is 4.79 Å². The average molecular weight is 435 g/mol. The first-order valence-corrected chi connectivity index (χ1v) is 10.8. The van der Waals surface area contributed by atoms with Crippen LogP contribution in [0.1, 0.15) is 49.8 Å². The van der Waals surface area contributed by atoms with Gasteiger partial charge < -0.3 is 15.3 Å². The van der Waals surface area contributed by atoms with Crippen LogP contribution in [0, 0.1) is 11.7 Å². The molecule has 1 fully saturated rings. The van der Waals surface area contributed by atoms with E-state index in [0.717, 1.165) is 46.1 Å². The Hall–Kier alpha value is -3.25. The zero-order valence-corrected chi connectivity index (χ0v) is 17.8. The zero-order chi connectivity index (χ0) is 22.8. The van der Waals surface area contributed by atoms with Crippen LogP contribution in [0.3, 0.4) is 0 Å². The minimum atomic E-state index is -1.03. The summed E-state index contributed by atoms with van der Waals surface area (Å²) in [5.41, 5.74) is 4.35. The van der Waals surface area contributed by atoms with Gasteiger partial charge in [-0.2, -0.15) is 0 Å². The number of fused-ring (bicyclic) bond motifs is 1. The zero-order valence-electron chi connectivity index (χ0n) is 17.8. The predicted octanol–water partition coefficient (Wildman–Crippen LogP) is 5.50. The minimum Gasteiger partial charge on any atom is -0.508 e. The fraction of sp³-hybridized carbons (Fsp3) is 0.308. The topological polar surface area (TPSA) is 90.7 Å². The fourth-order valence-electron chi connectivity index (χ4n) is 4.10. The lowest BCUT2D eigenvalue weighted by Crippen LogP contribution is -2.15. The van der Waals surface area contributed by atoms with Crippen LogP contribution >= 0.6 is 0 Å². The molecule has 0 spiro atoms. The Morgan fingerprint density at radius 3 is 2.59 bits per heavy atom. The molecule has 0 radical (unpaired) electrons. The SMILES string of the molecule is C[C@H](/C=C/c1c(C2CC2)nc2ccc(O)cc2c1-c1ccc(F)cc1)C[C@@H](O)CC(=O)O. The van der Waals surface area contributed by atoms with E-state index in [9.17, 15) is 19.4 Å². The van der Waals surface area contributed by atoms with Crippen molar-refractivity contribution >= 4 is 22.9 Å². The lowest BCUT2D eigenvalue weighted by atomic mass is 9.91. The van der Waals surface area contributed by atoms with Crippen molar-refractivity contribution < 1.29 is 24.5 Å². The third kappa shape index (κ3) is 4.97. The van der Waals surface area contributed by atoms with Crippen LogP contribution in [-0.4, -0.2) is 32.4 Å². The van der Waals surface area contributed by atoms with E-state index in [1.807, 2.05) is 19.1 Å². The number of aromatic nitrogens is 1. The van der Waals surface area contributed by atoms with Gasteiger partial charge in [0.2, 0.25) is 0 Å². The number of phenols is 1. The van der Waals surface area contributed by atoms with Crippen molar-refractivity contribution in [2.45, 2.75) is 44.6 Å². The van der Waals surface area contributed by atoms with Crippen molar-refractivity contribution in [1.82, 2.24) is 4.98 Å². The van der Waals surface area contributed by atoms with Gasteiger partial charge in [0, 0.05) is 22.4 Å². The summed E-state index contributed by atoms with van der Waals surface area (Å²) >= 11 is 0. The molecule has 4 rings (SSSR count). The van der Waals surface area contributed by atoms with Gasteiger partial charge in [0.15, 0.2) is 0 Å². The number of aliphatic hydroxyl groups excluding tert-OH is 1. The van der Waals surface area contributed by atoms with Gasteiger partial charge in [-0.05, 0) is 61.1 Å². The Morgan fingerprint density at radius 1 is 1.22 bits per heavy atom. The minimum absolute atomic E-state index is 0.0580. The highest BCUT2D eigenvalue weighted by molar-refractivity contribution is 6.00. The highest BCUT2D eigenvalue weighted by Crippen LogP contribution is 2.45. The molecule has 5 nitrogen and oxygen atoms in total. The van der Waals surface area contributed by atoms with Gasteiger partial charge in [-0.25, -0.2) is 4.39 Å². The smallest absolute Gasteiger partial charge is 0.305 e. The normalized spacial score (nSPS) is 15.8. The maximum atomic E-state index is 13.6. The number of carbonyl (C=O) groups is 1. The van der Waals surface area contributed by atoms with Gasteiger partial charge in [-0.15, -0.1) is 0 Å². The molecule has 0 bridgehead atoms. The predicted molar refractivity (Wildman–Crippen MR) is 122 cm³/mol. The standard InChI is InChI=1S/C26H26FNO4/c1-15(12-20(30)14-24(31)32)2-10-21-25(16-5-7-18(27)8-6-16)22-13-19(29)9-11-23(22)28-26(21)17-3-4-17/h2,5-11,13,15,17,20,29-30H,3-4,12,14H2,1H3,(H,31,32)/b10-2+/t15-,20-/m1/s1. The van der Waals surface area contributed by atoms with Gasteiger partial charge in [0.05, 0.1) is 23.7 Å². The van der Waals surface area contributed by atoms with Gasteiger partial charge >= 0.3 is 5.97 Å². The van der Waals surface area contributed by atoms with E-state index in [1.165, 1.54) is 12.1 Å². The number of allylic oxidation sites excluding steroid dienone is 1. The summed E-state index contributed by atoms with van der Waals surface area (Å²) < 4.78 is 13.6. The molecule has 0 amide bonds. The molecule has 0 saturated heterocycles. The first-order valence-electron chi connectivity index (χ1n) is 10.8. The quantitative estimate of drug-likeness (QED) is 0.435. The van der Waals surface area contributed by atoms with Gasteiger partial charge in [0.25, 0.3) is 0 Å². The van der Waals surface area contributed by atoms with Crippen molar-refractivity contribution in [2.75, 3.05) is 0 Å². The van der Waals surface area contributed by atoms with Crippen LogP contribution in [0.25, 0.3) is 28.1 Å². The molecule has 2 atom stereocenters. The second kappa shape index (κ2) is 9.09. The molecular formula is C26H26FNO4. The van der Waals surface area contributed by atoms with Crippen LogP contribution < -0.4 is 0 Å². The largest absolute Gasteiger partial charge is 0.508 e. The first-order chi connectivity index (χ1) is 15.3. The maximum Gasteiger partial charge on any atom is 0.305 e. The number of aliphatic carboxylic acids is 1. The number of halogens is 1. The van der Waals surface area contributed by atoms with Crippen LogP contribution in [0.4, 0.5) is 4.39 Å². The van der Waals surface area contributed by atoms with E-state index in [0.29, 0.717) is 12.3 Å². The monoisotopic (exact) mass is 435 g/mol. The third-order valence-corrected chi connectivity index (χ3v) is 5.78. The Kier molecular flexibility index (Phi) is 6.24. The molecule has 3 aromatic rings. The molecule has 1 aromatic heterocycles. The van der Waals surface area contributed by atoms with E-state index in [1.54, 1.807) is 30.3 Å². The van der Waals surface area contributed by atoms with Crippen molar-refractivity contribution in [3.8, 4) is 16.9 Å². The lowest BCUT2D eigenvalue weighted by molar-refractivity contribution is -0.139. The molecule has 0 aliphatic heterocycles. The lowest BCUT2D eigenvalue weighted by Gasteiger charge is -2.17. The molecule has 1 heterocycles. The van der Waals surface area contributed by atoms with E-state index < -0.39 is 12.1 Å². The molecule has 166 valence electrons. The molecular weight excluding hydrogens is 409 g/mol. The summed E-state index contributed by atoms with van der Waals surface area (Å²) in [6, 6.07) is 11.4. The number of rotatable bonds is 8. The number of phenolic OH excluding ortho intramolecular Hbond substituents is 1. The van der Waals surface area contributed by atoms with E-state index in [2.05, 4.69) is 0 Å². The highest BCUT2D eigenvalue weighted by Gasteiger charge is 2.29. The van der Waals surface area contributed by atoms with Crippen LogP contribution in [0.15, 0.2) is 48.5 Å². The number of pyridine rings is 1.